The zero-order valence-electron chi connectivity index (χ0n) is 10.5. The molecule has 0 spiro atoms. The molecular formula is C12H13FN4O2. The maximum atomic E-state index is 13.6. The molecule has 0 saturated carbocycles. The van der Waals surface area contributed by atoms with Crippen LogP contribution < -0.4 is 10.5 Å². The summed E-state index contributed by atoms with van der Waals surface area (Å²) in [6.07, 6.45) is 0. The second-order valence-electron chi connectivity index (χ2n) is 3.91. The molecule has 0 aliphatic carbocycles. The van der Waals surface area contributed by atoms with E-state index < -0.39 is 5.82 Å². The monoisotopic (exact) mass is 264 g/mol. The van der Waals surface area contributed by atoms with Gasteiger partial charge in [0.25, 0.3) is 0 Å². The Bertz CT molecular complexity index is 637. The lowest BCUT2D eigenvalue weighted by Crippen LogP contribution is -2.15. The Hall–Kier alpha value is -2.57. The highest BCUT2D eigenvalue weighted by Crippen LogP contribution is 2.28. The van der Waals surface area contributed by atoms with Gasteiger partial charge in [0.15, 0.2) is 17.4 Å². The van der Waals surface area contributed by atoms with E-state index >= 15 is 0 Å². The fourth-order valence-corrected chi connectivity index (χ4v) is 1.73. The highest BCUT2D eigenvalue weighted by molar-refractivity contribution is 6.00. The third kappa shape index (κ3) is 2.35. The van der Waals surface area contributed by atoms with Crippen molar-refractivity contribution in [3.8, 4) is 11.6 Å². The van der Waals surface area contributed by atoms with E-state index in [2.05, 4.69) is 10.3 Å². The van der Waals surface area contributed by atoms with Crippen LogP contribution in [-0.2, 0) is 7.05 Å². The Morgan fingerprint density at radius 1 is 1.47 bits per heavy atom. The molecule has 0 aliphatic rings. The van der Waals surface area contributed by atoms with Gasteiger partial charge in [-0.25, -0.2) is 9.07 Å². The number of nitrogens with two attached hydrogens (primary N) is 1. The SMILES string of the molecule is Cc1nn(C)c(Oc2ccccc2F)c1C(N)=NO. The minimum absolute atomic E-state index is 0.0393. The van der Waals surface area contributed by atoms with Crippen LogP contribution in [0.5, 0.6) is 11.6 Å². The van der Waals surface area contributed by atoms with Crippen molar-refractivity contribution in [3.05, 3.63) is 41.3 Å². The van der Waals surface area contributed by atoms with Crippen molar-refractivity contribution in [3.63, 3.8) is 0 Å². The number of halogens is 1. The topological polar surface area (TPSA) is 85.7 Å². The van der Waals surface area contributed by atoms with Crippen LogP contribution >= 0.6 is 0 Å². The van der Waals surface area contributed by atoms with E-state index in [1.165, 1.54) is 16.8 Å². The molecule has 2 aromatic rings. The van der Waals surface area contributed by atoms with Gasteiger partial charge in [0.1, 0.15) is 5.56 Å². The van der Waals surface area contributed by atoms with Crippen LogP contribution in [0, 0.1) is 12.7 Å². The third-order valence-electron chi connectivity index (χ3n) is 2.58. The lowest BCUT2D eigenvalue weighted by molar-refractivity contribution is 0.318. The normalized spacial score (nSPS) is 11.6. The number of para-hydroxylation sites is 1. The number of hydrogen-bond donors (Lipinski definition) is 2. The minimum atomic E-state index is -0.508. The smallest absolute Gasteiger partial charge is 0.229 e. The maximum absolute atomic E-state index is 13.6. The average Bonchev–Trinajstić information content (AvgIpc) is 2.66. The van der Waals surface area contributed by atoms with Crippen molar-refractivity contribution in [1.82, 2.24) is 9.78 Å². The molecule has 2 rings (SSSR count). The van der Waals surface area contributed by atoms with Crippen molar-refractivity contribution in [1.29, 1.82) is 0 Å². The van der Waals surface area contributed by atoms with E-state index in [9.17, 15) is 4.39 Å². The number of aromatic nitrogens is 2. The van der Waals surface area contributed by atoms with E-state index in [1.807, 2.05) is 0 Å². The summed E-state index contributed by atoms with van der Waals surface area (Å²) in [5.41, 5.74) is 6.42. The first-order valence-corrected chi connectivity index (χ1v) is 5.48. The zero-order chi connectivity index (χ0) is 14.0. The number of oxime groups is 1. The second kappa shape index (κ2) is 4.97. The number of nitrogens with zero attached hydrogens (tertiary/aromatic N) is 3. The molecule has 0 radical (unpaired) electrons. The van der Waals surface area contributed by atoms with Crippen LogP contribution in [0.1, 0.15) is 11.3 Å². The highest BCUT2D eigenvalue weighted by atomic mass is 19.1. The number of amidine groups is 1. The van der Waals surface area contributed by atoms with Gasteiger partial charge >= 0.3 is 0 Å². The summed E-state index contributed by atoms with van der Waals surface area (Å²) in [5, 5.41) is 15.8. The molecule has 0 atom stereocenters. The summed E-state index contributed by atoms with van der Waals surface area (Å²) in [6, 6.07) is 5.96. The van der Waals surface area contributed by atoms with Crippen LogP contribution in [0.4, 0.5) is 4.39 Å². The maximum Gasteiger partial charge on any atom is 0.229 e. The molecule has 0 saturated heterocycles. The molecule has 19 heavy (non-hydrogen) atoms. The molecular weight excluding hydrogens is 251 g/mol. The molecule has 0 unspecified atom stereocenters. The largest absolute Gasteiger partial charge is 0.435 e. The first kappa shape index (κ1) is 12.9. The van der Waals surface area contributed by atoms with Crippen LogP contribution in [0.25, 0.3) is 0 Å². The molecule has 6 nitrogen and oxygen atoms in total. The van der Waals surface area contributed by atoms with Gasteiger partial charge in [0.05, 0.1) is 5.69 Å². The van der Waals surface area contributed by atoms with Gasteiger partial charge in [-0.05, 0) is 19.1 Å². The molecule has 100 valence electrons. The minimum Gasteiger partial charge on any atom is -0.435 e. The Kier molecular flexibility index (Phi) is 3.37. The van der Waals surface area contributed by atoms with Crippen molar-refractivity contribution in [2.75, 3.05) is 0 Å². The average molecular weight is 264 g/mol. The molecule has 3 N–H and O–H groups in total. The highest BCUT2D eigenvalue weighted by Gasteiger charge is 2.20. The molecule has 0 aliphatic heterocycles. The predicted octanol–water partition coefficient (Wildman–Crippen LogP) is 1.75. The quantitative estimate of drug-likeness (QED) is 0.383. The van der Waals surface area contributed by atoms with Gasteiger partial charge in [-0.3, -0.25) is 0 Å². The van der Waals surface area contributed by atoms with E-state index in [0.29, 0.717) is 11.3 Å². The molecule has 1 aromatic carbocycles. The van der Waals surface area contributed by atoms with Gasteiger partial charge in [0, 0.05) is 7.05 Å². The fourth-order valence-electron chi connectivity index (χ4n) is 1.73. The van der Waals surface area contributed by atoms with Crippen molar-refractivity contribution >= 4 is 5.84 Å². The van der Waals surface area contributed by atoms with Gasteiger partial charge < -0.3 is 15.7 Å². The Balaban J connectivity index is 2.49. The van der Waals surface area contributed by atoms with E-state index in [0.717, 1.165) is 0 Å². The Labute approximate surface area is 108 Å². The van der Waals surface area contributed by atoms with Gasteiger partial charge in [-0.2, -0.15) is 5.10 Å². The molecule has 7 heteroatoms. The predicted molar refractivity (Wildman–Crippen MR) is 66.9 cm³/mol. The van der Waals surface area contributed by atoms with Crippen molar-refractivity contribution in [2.45, 2.75) is 6.92 Å². The van der Waals surface area contributed by atoms with Crippen LogP contribution in [0.15, 0.2) is 29.4 Å². The standard InChI is InChI=1S/C12H13FN4O2/c1-7-10(11(14)16-18)12(17(2)15-7)19-9-6-4-3-5-8(9)13/h3-6,18H,1-2H3,(H2,14,16). The van der Waals surface area contributed by atoms with E-state index in [4.69, 9.17) is 15.7 Å². The summed E-state index contributed by atoms with van der Waals surface area (Å²) in [7, 11) is 1.62. The zero-order valence-corrected chi connectivity index (χ0v) is 10.5. The van der Waals surface area contributed by atoms with Crippen LogP contribution in [-0.4, -0.2) is 20.8 Å². The molecule has 1 heterocycles. The number of ether oxygens (including phenoxy) is 1. The molecule has 0 fully saturated rings. The summed E-state index contributed by atoms with van der Waals surface area (Å²) < 4.78 is 20.4. The summed E-state index contributed by atoms with van der Waals surface area (Å²) in [4.78, 5) is 0. The van der Waals surface area contributed by atoms with Gasteiger partial charge in [-0.1, -0.05) is 17.3 Å². The van der Waals surface area contributed by atoms with Crippen molar-refractivity contribution in [2.24, 2.45) is 17.9 Å². The number of rotatable bonds is 3. The van der Waals surface area contributed by atoms with E-state index in [-0.39, 0.29) is 17.5 Å². The molecule has 1 aromatic heterocycles. The lowest BCUT2D eigenvalue weighted by Gasteiger charge is -2.08. The van der Waals surface area contributed by atoms with Crippen LogP contribution in [0.2, 0.25) is 0 Å². The Morgan fingerprint density at radius 3 is 2.79 bits per heavy atom. The van der Waals surface area contributed by atoms with Crippen molar-refractivity contribution < 1.29 is 14.3 Å². The Morgan fingerprint density at radius 2 is 2.16 bits per heavy atom. The lowest BCUT2D eigenvalue weighted by atomic mass is 10.2. The summed E-state index contributed by atoms with van der Waals surface area (Å²) in [5.74, 6) is -0.404. The van der Waals surface area contributed by atoms with Gasteiger partial charge in [-0.15, -0.1) is 0 Å². The molecule has 0 bridgehead atoms. The third-order valence-corrected chi connectivity index (χ3v) is 2.58. The van der Waals surface area contributed by atoms with Crippen LogP contribution in [0.3, 0.4) is 0 Å². The number of aryl methyl sites for hydroxylation is 2. The first-order valence-electron chi connectivity index (χ1n) is 5.48. The first-order chi connectivity index (χ1) is 9.04. The summed E-state index contributed by atoms with van der Waals surface area (Å²) in [6.45, 7) is 1.68. The summed E-state index contributed by atoms with van der Waals surface area (Å²) >= 11 is 0. The molecule has 0 amide bonds. The van der Waals surface area contributed by atoms with E-state index in [1.54, 1.807) is 26.1 Å². The second-order valence-corrected chi connectivity index (χ2v) is 3.91. The number of benzene rings is 1. The fraction of sp³-hybridized carbons (Fsp3) is 0.167. The van der Waals surface area contributed by atoms with Gasteiger partial charge in [0.2, 0.25) is 5.88 Å². The number of hydrogen-bond acceptors (Lipinski definition) is 4.